The number of benzene rings is 1. The van der Waals surface area contributed by atoms with Crippen LogP contribution in [0.3, 0.4) is 0 Å². The summed E-state index contributed by atoms with van der Waals surface area (Å²) in [5.41, 5.74) is 0.772. The number of ketones is 1. The van der Waals surface area contributed by atoms with Gasteiger partial charge >= 0.3 is 0 Å². The Morgan fingerprint density at radius 1 is 1.29 bits per heavy atom. The van der Waals surface area contributed by atoms with Crippen LogP contribution in [0.15, 0.2) is 33.1 Å². The third-order valence-corrected chi connectivity index (χ3v) is 5.56. The van der Waals surface area contributed by atoms with Crippen molar-refractivity contribution in [3.05, 3.63) is 34.3 Å². The Labute approximate surface area is 141 Å². The summed E-state index contributed by atoms with van der Waals surface area (Å²) >= 11 is 6.60. The molecule has 4 nitrogen and oxygen atoms in total. The maximum Gasteiger partial charge on any atom is 0.208 e. The van der Waals surface area contributed by atoms with Crippen molar-refractivity contribution in [2.24, 2.45) is 0 Å². The van der Waals surface area contributed by atoms with E-state index in [-0.39, 0.29) is 5.78 Å². The molecule has 21 heavy (non-hydrogen) atoms. The number of halogens is 1. The molecule has 0 amide bonds. The molecule has 0 fully saturated rings. The highest BCUT2D eigenvalue weighted by atomic mass is 79.9. The fourth-order valence-corrected chi connectivity index (χ4v) is 3.65. The molecule has 0 unspecified atom stereocenters. The molecule has 1 aromatic carbocycles. The van der Waals surface area contributed by atoms with Crippen molar-refractivity contribution in [2.75, 3.05) is 24.7 Å². The molecule has 0 saturated heterocycles. The van der Waals surface area contributed by atoms with Crippen molar-refractivity contribution >= 4 is 49.9 Å². The number of aromatic nitrogens is 2. The minimum Gasteiger partial charge on any atom is -0.353 e. The fourth-order valence-electron chi connectivity index (χ4n) is 1.61. The third-order valence-electron chi connectivity index (χ3n) is 2.72. The van der Waals surface area contributed by atoms with Crippen LogP contribution in [-0.4, -0.2) is 35.8 Å². The van der Waals surface area contributed by atoms with Crippen LogP contribution in [0.4, 0.5) is 5.13 Å². The molecule has 0 aliphatic rings. The summed E-state index contributed by atoms with van der Waals surface area (Å²) in [5.74, 6) is 1.07. The second-order valence-corrected chi connectivity index (χ2v) is 7.84. The lowest BCUT2D eigenvalue weighted by Crippen LogP contribution is -2.07. The van der Waals surface area contributed by atoms with Gasteiger partial charge in [-0.3, -0.25) is 4.79 Å². The van der Waals surface area contributed by atoms with Gasteiger partial charge < -0.3 is 4.90 Å². The zero-order valence-electron chi connectivity index (χ0n) is 11.9. The molecule has 112 valence electrons. The lowest BCUT2D eigenvalue weighted by Gasteiger charge is -2.03. The first-order chi connectivity index (χ1) is 10.1. The molecule has 0 aliphatic heterocycles. The Bertz CT molecular complexity index is 599. The van der Waals surface area contributed by atoms with Crippen LogP contribution >= 0.6 is 39.0 Å². The Morgan fingerprint density at radius 3 is 2.62 bits per heavy atom. The van der Waals surface area contributed by atoms with Crippen molar-refractivity contribution < 1.29 is 4.79 Å². The normalized spacial score (nSPS) is 10.6. The quantitative estimate of drug-likeness (QED) is 0.407. The SMILES string of the molecule is CN(C)c1nnc(SCCCC(=O)c2ccc(Br)cc2)s1. The van der Waals surface area contributed by atoms with E-state index in [1.54, 1.807) is 23.1 Å². The van der Waals surface area contributed by atoms with Crippen molar-refractivity contribution in [3.8, 4) is 0 Å². The van der Waals surface area contributed by atoms with E-state index in [4.69, 9.17) is 0 Å². The van der Waals surface area contributed by atoms with Gasteiger partial charge in [0.05, 0.1) is 0 Å². The number of nitrogens with zero attached hydrogens (tertiary/aromatic N) is 3. The van der Waals surface area contributed by atoms with E-state index in [1.165, 1.54) is 0 Å². The molecule has 0 bridgehead atoms. The van der Waals surface area contributed by atoms with Gasteiger partial charge in [-0.25, -0.2) is 0 Å². The number of carbonyl (C=O) groups excluding carboxylic acids is 1. The molecule has 7 heteroatoms. The maximum absolute atomic E-state index is 12.0. The Morgan fingerprint density at radius 2 is 2.00 bits per heavy atom. The second kappa shape index (κ2) is 7.91. The average Bonchev–Trinajstić information content (AvgIpc) is 2.93. The van der Waals surface area contributed by atoms with Gasteiger partial charge in [-0.2, -0.15) is 0 Å². The monoisotopic (exact) mass is 385 g/mol. The minimum absolute atomic E-state index is 0.189. The van der Waals surface area contributed by atoms with E-state index in [1.807, 2.05) is 43.3 Å². The van der Waals surface area contributed by atoms with Gasteiger partial charge in [0.2, 0.25) is 5.13 Å². The van der Waals surface area contributed by atoms with E-state index in [9.17, 15) is 4.79 Å². The van der Waals surface area contributed by atoms with Crippen LogP contribution in [0.5, 0.6) is 0 Å². The fraction of sp³-hybridized carbons (Fsp3) is 0.357. The molecule has 0 aliphatic carbocycles. The minimum atomic E-state index is 0.189. The number of thioether (sulfide) groups is 1. The highest BCUT2D eigenvalue weighted by molar-refractivity contribution is 9.10. The van der Waals surface area contributed by atoms with Gasteiger partial charge in [-0.15, -0.1) is 10.2 Å². The summed E-state index contributed by atoms with van der Waals surface area (Å²) in [4.78, 5) is 13.9. The van der Waals surface area contributed by atoms with Crippen molar-refractivity contribution in [1.29, 1.82) is 0 Å². The Kier molecular flexibility index (Phi) is 6.20. The van der Waals surface area contributed by atoms with E-state index >= 15 is 0 Å². The zero-order chi connectivity index (χ0) is 15.2. The van der Waals surface area contributed by atoms with Gasteiger partial charge in [0, 0.05) is 36.3 Å². The van der Waals surface area contributed by atoms with Gasteiger partial charge in [0.15, 0.2) is 10.1 Å². The van der Waals surface area contributed by atoms with E-state index in [0.29, 0.717) is 6.42 Å². The van der Waals surface area contributed by atoms with Gasteiger partial charge in [-0.1, -0.05) is 51.2 Å². The highest BCUT2D eigenvalue weighted by Gasteiger charge is 2.08. The van der Waals surface area contributed by atoms with Crippen molar-refractivity contribution in [2.45, 2.75) is 17.2 Å². The molecule has 2 aromatic rings. The van der Waals surface area contributed by atoms with Crippen LogP contribution < -0.4 is 4.90 Å². The summed E-state index contributed by atoms with van der Waals surface area (Å²) in [6, 6.07) is 7.50. The summed E-state index contributed by atoms with van der Waals surface area (Å²) in [6.07, 6.45) is 1.41. The molecule has 0 radical (unpaired) electrons. The number of rotatable bonds is 7. The average molecular weight is 386 g/mol. The summed E-state index contributed by atoms with van der Waals surface area (Å²) in [6.45, 7) is 0. The van der Waals surface area contributed by atoms with Crippen molar-refractivity contribution in [3.63, 3.8) is 0 Å². The molecular weight excluding hydrogens is 370 g/mol. The number of carbonyl (C=O) groups is 1. The first-order valence-corrected chi connectivity index (χ1v) is 9.08. The van der Waals surface area contributed by atoms with E-state index in [0.717, 1.165) is 31.7 Å². The molecule has 2 rings (SSSR count). The first kappa shape index (κ1) is 16.5. The van der Waals surface area contributed by atoms with Gasteiger partial charge in [0.25, 0.3) is 0 Å². The van der Waals surface area contributed by atoms with Gasteiger partial charge in [0.1, 0.15) is 0 Å². The van der Waals surface area contributed by atoms with Crippen molar-refractivity contribution in [1.82, 2.24) is 10.2 Å². The smallest absolute Gasteiger partial charge is 0.208 e. The van der Waals surface area contributed by atoms with E-state index in [2.05, 4.69) is 26.1 Å². The summed E-state index contributed by atoms with van der Waals surface area (Å²) < 4.78 is 1.94. The Hall–Kier alpha value is -0.920. The number of hydrogen-bond donors (Lipinski definition) is 0. The molecule has 1 aromatic heterocycles. The molecule has 0 saturated carbocycles. The van der Waals surface area contributed by atoms with Crippen LogP contribution in [-0.2, 0) is 0 Å². The predicted molar refractivity (Wildman–Crippen MR) is 92.7 cm³/mol. The second-order valence-electron chi connectivity index (χ2n) is 4.63. The molecule has 1 heterocycles. The Balaban J connectivity index is 1.74. The molecule has 0 N–H and O–H groups in total. The maximum atomic E-state index is 12.0. The zero-order valence-corrected chi connectivity index (χ0v) is 15.1. The van der Waals surface area contributed by atoms with E-state index < -0.39 is 0 Å². The third kappa shape index (κ3) is 5.09. The first-order valence-electron chi connectivity index (χ1n) is 6.48. The standard InChI is InChI=1S/C14H16BrN3OS2/c1-18(2)13-16-17-14(21-13)20-9-3-4-12(19)10-5-7-11(15)8-6-10/h5-8H,3-4,9H2,1-2H3. The number of hydrogen-bond acceptors (Lipinski definition) is 6. The molecule has 0 spiro atoms. The van der Waals surface area contributed by atoms with Crippen LogP contribution in [0, 0.1) is 0 Å². The molecule has 0 atom stereocenters. The lowest BCUT2D eigenvalue weighted by molar-refractivity contribution is 0.0982. The largest absolute Gasteiger partial charge is 0.353 e. The van der Waals surface area contributed by atoms with Crippen LogP contribution in [0.2, 0.25) is 0 Å². The summed E-state index contributed by atoms with van der Waals surface area (Å²) in [5, 5.41) is 9.12. The number of anilines is 1. The lowest BCUT2D eigenvalue weighted by atomic mass is 10.1. The topological polar surface area (TPSA) is 46.1 Å². The highest BCUT2D eigenvalue weighted by Crippen LogP contribution is 2.27. The van der Waals surface area contributed by atoms with Gasteiger partial charge in [-0.05, 0) is 18.6 Å². The van der Waals surface area contributed by atoms with Crippen LogP contribution in [0.25, 0.3) is 0 Å². The predicted octanol–water partition coefficient (Wildman–Crippen LogP) is 4.12. The van der Waals surface area contributed by atoms with Crippen LogP contribution in [0.1, 0.15) is 23.2 Å². The number of Topliss-reactive ketones (excluding diaryl/α,β-unsaturated/α-hetero) is 1. The summed E-state index contributed by atoms with van der Waals surface area (Å²) in [7, 11) is 3.90. The molecular formula is C14H16BrN3OS2.